The zero-order chi connectivity index (χ0) is 13.6. The van der Waals surface area contributed by atoms with Gasteiger partial charge in [-0.15, -0.1) is 0 Å². The first-order valence-corrected chi connectivity index (χ1v) is 6.61. The molecule has 18 heavy (non-hydrogen) atoms. The van der Waals surface area contributed by atoms with Crippen LogP contribution in [0.5, 0.6) is 0 Å². The summed E-state index contributed by atoms with van der Waals surface area (Å²) in [6.45, 7) is 2.09. The Morgan fingerprint density at radius 3 is 2.67 bits per heavy atom. The quantitative estimate of drug-likeness (QED) is 0.669. The normalized spacial score (nSPS) is 27.8. The molecule has 1 fully saturated rings. The number of rotatable bonds is 6. The summed E-state index contributed by atoms with van der Waals surface area (Å²) >= 11 is 0. The molecule has 1 aliphatic carbocycles. The number of carbonyl (C=O) groups is 2. The van der Waals surface area contributed by atoms with Crippen molar-refractivity contribution in [2.75, 3.05) is 6.61 Å². The number of amides is 1. The van der Waals surface area contributed by atoms with Crippen LogP contribution in [0, 0.1) is 5.92 Å². The van der Waals surface area contributed by atoms with Gasteiger partial charge in [0.25, 0.3) is 0 Å². The Bertz CT molecular complexity index is 305. The number of aliphatic hydroxyl groups excluding tert-OH is 1. The van der Waals surface area contributed by atoms with Crippen molar-refractivity contribution in [1.82, 2.24) is 5.32 Å². The summed E-state index contributed by atoms with van der Waals surface area (Å²) < 4.78 is 0. The van der Waals surface area contributed by atoms with Crippen molar-refractivity contribution < 1.29 is 19.8 Å². The predicted molar refractivity (Wildman–Crippen MR) is 67.1 cm³/mol. The monoisotopic (exact) mass is 257 g/mol. The minimum Gasteiger partial charge on any atom is -0.481 e. The molecule has 5 nitrogen and oxygen atoms in total. The van der Waals surface area contributed by atoms with Crippen LogP contribution in [0.25, 0.3) is 0 Å². The summed E-state index contributed by atoms with van der Waals surface area (Å²) in [6.07, 6.45) is 4.32. The molecule has 0 aromatic rings. The molecular formula is C13H23NO4. The van der Waals surface area contributed by atoms with Crippen LogP contribution < -0.4 is 5.32 Å². The van der Waals surface area contributed by atoms with E-state index in [1.165, 1.54) is 0 Å². The highest BCUT2D eigenvalue weighted by Gasteiger charge is 2.35. The van der Waals surface area contributed by atoms with Gasteiger partial charge in [0, 0.05) is 12.8 Å². The molecule has 3 N–H and O–H groups in total. The van der Waals surface area contributed by atoms with Gasteiger partial charge >= 0.3 is 5.97 Å². The van der Waals surface area contributed by atoms with E-state index in [-0.39, 0.29) is 25.4 Å². The Kier molecular flexibility index (Phi) is 5.59. The number of carboxylic acid groups (broad SMARTS) is 1. The van der Waals surface area contributed by atoms with E-state index in [4.69, 9.17) is 5.11 Å². The van der Waals surface area contributed by atoms with Crippen LogP contribution in [-0.2, 0) is 9.59 Å². The second-order valence-electron chi connectivity index (χ2n) is 5.44. The molecule has 5 heteroatoms. The minimum absolute atomic E-state index is 0.00987. The average Bonchev–Trinajstić information content (AvgIpc) is 2.28. The standard InChI is InChI=1S/C13H23NO4/c1-10-4-3-7-13(8-10,9-15)14-11(16)5-2-6-12(17)18/h10,15H,2-9H2,1H3,(H,14,16)(H,17,18). The summed E-state index contributed by atoms with van der Waals surface area (Å²) in [5.41, 5.74) is -0.488. The number of aliphatic hydroxyl groups is 1. The van der Waals surface area contributed by atoms with Crippen molar-refractivity contribution in [3.8, 4) is 0 Å². The Morgan fingerprint density at radius 2 is 2.11 bits per heavy atom. The van der Waals surface area contributed by atoms with Crippen LogP contribution in [0.4, 0.5) is 0 Å². The summed E-state index contributed by atoms with van der Waals surface area (Å²) in [7, 11) is 0. The highest BCUT2D eigenvalue weighted by Crippen LogP contribution is 2.32. The van der Waals surface area contributed by atoms with E-state index >= 15 is 0 Å². The highest BCUT2D eigenvalue weighted by molar-refractivity contribution is 5.77. The van der Waals surface area contributed by atoms with Crippen molar-refractivity contribution in [2.45, 2.75) is 57.4 Å². The van der Waals surface area contributed by atoms with Gasteiger partial charge in [-0.3, -0.25) is 9.59 Å². The van der Waals surface area contributed by atoms with Gasteiger partial charge < -0.3 is 15.5 Å². The van der Waals surface area contributed by atoms with Gasteiger partial charge in [0.15, 0.2) is 0 Å². The van der Waals surface area contributed by atoms with E-state index in [1.54, 1.807) is 0 Å². The van der Waals surface area contributed by atoms with Gasteiger partial charge in [-0.2, -0.15) is 0 Å². The van der Waals surface area contributed by atoms with Crippen LogP contribution in [0.1, 0.15) is 51.9 Å². The molecule has 0 saturated heterocycles. The minimum atomic E-state index is -0.883. The maximum atomic E-state index is 11.7. The molecule has 1 saturated carbocycles. The summed E-state index contributed by atoms with van der Waals surface area (Å²) in [5.74, 6) is -0.532. The molecule has 0 spiro atoms. The van der Waals surface area contributed by atoms with Crippen molar-refractivity contribution in [1.29, 1.82) is 0 Å². The van der Waals surface area contributed by atoms with E-state index < -0.39 is 11.5 Å². The zero-order valence-electron chi connectivity index (χ0n) is 10.9. The SMILES string of the molecule is CC1CCCC(CO)(NC(=O)CCCC(=O)O)C1. The molecule has 0 heterocycles. The summed E-state index contributed by atoms with van der Waals surface area (Å²) in [5, 5.41) is 20.9. The predicted octanol–water partition coefficient (Wildman–Crippen LogP) is 1.30. The van der Waals surface area contributed by atoms with Crippen molar-refractivity contribution >= 4 is 11.9 Å². The molecule has 1 amide bonds. The van der Waals surface area contributed by atoms with E-state index in [1.807, 2.05) is 0 Å². The maximum Gasteiger partial charge on any atom is 0.303 e. The molecule has 1 rings (SSSR count). The van der Waals surface area contributed by atoms with Crippen LogP contribution in [0.3, 0.4) is 0 Å². The summed E-state index contributed by atoms with van der Waals surface area (Å²) in [4.78, 5) is 22.1. The van der Waals surface area contributed by atoms with E-state index in [2.05, 4.69) is 12.2 Å². The molecule has 104 valence electrons. The fraction of sp³-hybridized carbons (Fsp3) is 0.846. The van der Waals surface area contributed by atoms with Gasteiger partial charge in [0.2, 0.25) is 5.91 Å². The van der Waals surface area contributed by atoms with Crippen LogP contribution >= 0.6 is 0 Å². The largest absolute Gasteiger partial charge is 0.481 e. The Labute approximate surface area is 108 Å². The van der Waals surface area contributed by atoms with Crippen molar-refractivity contribution in [3.63, 3.8) is 0 Å². The lowest BCUT2D eigenvalue weighted by Crippen LogP contribution is -2.53. The smallest absolute Gasteiger partial charge is 0.303 e. The first kappa shape index (κ1) is 15.0. The van der Waals surface area contributed by atoms with Crippen LogP contribution in [-0.4, -0.2) is 34.2 Å². The van der Waals surface area contributed by atoms with Crippen molar-refractivity contribution in [3.05, 3.63) is 0 Å². The first-order chi connectivity index (χ1) is 8.47. The molecule has 0 aromatic carbocycles. The van der Waals surface area contributed by atoms with Gasteiger partial charge in [0.05, 0.1) is 12.1 Å². The second kappa shape index (κ2) is 6.73. The maximum absolute atomic E-state index is 11.7. The molecule has 0 bridgehead atoms. The average molecular weight is 257 g/mol. The van der Waals surface area contributed by atoms with Crippen molar-refractivity contribution in [2.24, 2.45) is 5.92 Å². The number of carbonyl (C=O) groups excluding carboxylic acids is 1. The highest BCUT2D eigenvalue weighted by atomic mass is 16.4. The van der Waals surface area contributed by atoms with E-state index in [0.717, 1.165) is 25.7 Å². The molecule has 1 aliphatic rings. The molecule has 0 aromatic heterocycles. The summed E-state index contributed by atoms with van der Waals surface area (Å²) in [6, 6.07) is 0. The lowest BCUT2D eigenvalue weighted by molar-refractivity contribution is -0.137. The molecular weight excluding hydrogens is 234 g/mol. The Morgan fingerprint density at radius 1 is 1.39 bits per heavy atom. The number of carboxylic acids is 1. The zero-order valence-corrected chi connectivity index (χ0v) is 10.9. The fourth-order valence-corrected chi connectivity index (χ4v) is 2.72. The first-order valence-electron chi connectivity index (χ1n) is 6.61. The Hall–Kier alpha value is -1.10. The third kappa shape index (κ3) is 4.64. The van der Waals surface area contributed by atoms with Crippen LogP contribution in [0.15, 0.2) is 0 Å². The second-order valence-corrected chi connectivity index (χ2v) is 5.44. The van der Waals surface area contributed by atoms with Gasteiger partial charge in [-0.1, -0.05) is 19.8 Å². The Balaban J connectivity index is 2.42. The molecule has 0 aliphatic heterocycles. The lowest BCUT2D eigenvalue weighted by atomic mass is 9.76. The lowest BCUT2D eigenvalue weighted by Gasteiger charge is -2.39. The van der Waals surface area contributed by atoms with E-state index in [9.17, 15) is 14.7 Å². The van der Waals surface area contributed by atoms with Gasteiger partial charge in [-0.05, 0) is 25.2 Å². The number of hydrogen-bond donors (Lipinski definition) is 3. The number of aliphatic carboxylic acids is 1. The van der Waals surface area contributed by atoms with Gasteiger partial charge in [-0.25, -0.2) is 0 Å². The number of nitrogens with one attached hydrogen (secondary N) is 1. The molecule has 0 radical (unpaired) electrons. The third-order valence-electron chi connectivity index (χ3n) is 3.59. The van der Waals surface area contributed by atoms with E-state index in [0.29, 0.717) is 12.3 Å². The van der Waals surface area contributed by atoms with Crippen LogP contribution in [0.2, 0.25) is 0 Å². The third-order valence-corrected chi connectivity index (χ3v) is 3.59. The topological polar surface area (TPSA) is 86.6 Å². The fourth-order valence-electron chi connectivity index (χ4n) is 2.72. The molecule has 2 atom stereocenters. The molecule has 2 unspecified atom stereocenters. The van der Waals surface area contributed by atoms with Gasteiger partial charge in [0.1, 0.15) is 0 Å². The number of hydrogen-bond acceptors (Lipinski definition) is 3.